The van der Waals surface area contributed by atoms with Crippen LogP contribution in [0.15, 0.2) is 36.4 Å². The number of anilines is 2. The second kappa shape index (κ2) is 7.30. The molecule has 23 heavy (non-hydrogen) atoms. The summed E-state index contributed by atoms with van der Waals surface area (Å²) in [4.78, 5) is 22.1. The fourth-order valence-corrected chi connectivity index (χ4v) is 2.18. The molecular weight excluding hydrogens is 341 g/mol. The SMILES string of the molecule is Cc1cc([N+](=O)[O-])ccc1NC(=O)CNc1ccc(Cl)c(Cl)c1. The highest BCUT2D eigenvalue weighted by Crippen LogP contribution is 2.25. The number of benzene rings is 2. The van der Waals surface area contributed by atoms with Crippen LogP contribution in [0.3, 0.4) is 0 Å². The van der Waals surface area contributed by atoms with E-state index in [1.807, 2.05) is 0 Å². The van der Waals surface area contributed by atoms with Crippen LogP contribution in [0.25, 0.3) is 0 Å². The smallest absolute Gasteiger partial charge is 0.269 e. The third kappa shape index (κ3) is 4.58. The molecule has 6 nitrogen and oxygen atoms in total. The summed E-state index contributed by atoms with van der Waals surface area (Å²) in [6, 6.07) is 9.21. The summed E-state index contributed by atoms with van der Waals surface area (Å²) in [5.74, 6) is -0.284. The first-order chi connectivity index (χ1) is 10.9. The van der Waals surface area contributed by atoms with Gasteiger partial charge in [-0.1, -0.05) is 23.2 Å². The fraction of sp³-hybridized carbons (Fsp3) is 0.133. The Morgan fingerprint density at radius 2 is 1.91 bits per heavy atom. The Bertz CT molecular complexity index is 766. The molecule has 0 saturated heterocycles. The van der Waals surface area contributed by atoms with Gasteiger partial charge in [0.2, 0.25) is 5.91 Å². The number of rotatable bonds is 5. The molecule has 2 aromatic carbocycles. The highest BCUT2D eigenvalue weighted by atomic mass is 35.5. The van der Waals surface area contributed by atoms with Crippen LogP contribution in [-0.2, 0) is 4.79 Å². The summed E-state index contributed by atoms with van der Waals surface area (Å²) in [6.07, 6.45) is 0. The highest BCUT2D eigenvalue weighted by Gasteiger charge is 2.10. The first kappa shape index (κ1) is 17.1. The van der Waals surface area contributed by atoms with Gasteiger partial charge in [0.15, 0.2) is 0 Å². The van der Waals surface area contributed by atoms with Crippen molar-refractivity contribution in [2.24, 2.45) is 0 Å². The molecule has 0 radical (unpaired) electrons. The minimum absolute atomic E-state index is 0.0190. The molecule has 0 fully saturated rings. The van der Waals surface area contributed by atoms with Gasteiger partial charge in [0, 0.05) is 23.5 Å². The van der Waals surface area contributed by atoms with E-state index in [4.69, 9.17) is 23.2 Å². The van der Waals surface area contributed by atoms with Gasteiger partial charge >= 0.3 is 0 Å². The van der Waals surface area contributed by atoms with Crippen LogP contribution in [0.5, 0.6) is 0 Å². The van der Waals surface area contributed by atoms with E-state index in [9.17, 15) is 14.9 Å². The highest BCUT2D eigenvalue weighted by molar-refractivity contribution is 6.42. The third-order valence-electron chi connectivity index (χ3n) is 3.07. The molecule has 0 unspecified atom stereocenters. The van der Waals surface area contributed by atoms with Gasteiger partial charge in [-0.2, -0.15) is 0 Å². The molecule has 2 N–H and O–H groups in total. The lowest BCUT2D eigenvalue weighted by Crippen LogP contribution is -2.22. The number of amides is 1. The number of aryl methyl sites for hydroxylation is 1. The fourth-order valence-electron chi connectivity index (χ4n) is 1.88. The molecule has 0 aliphatic carbocycles. The standard InChI is InChI=1S/C15H13Cl2N3O3/c1-9-6-11(20(22)23)3-5-14(9)19-15(21)8-18-10-2-4-12(16)13(17)7-10/h2-7,18H,8H2,1H3,(H,19,21). The number of nitrogens with zero attached hydrogens (tertiary/aromatic N) is 1. The first-order valence-electron chi connectivity index (χ1n) is 6.60. The van der Waals surface area contributed by atoms with Gasteiger partial charge in [-0.25, -0.2) is 0 Å². The topological polar surface area (TPSA) is 84.3 Å². The summed E-state index contributed by atoms with van der Waals surface area (Å²) in [6.45, 7) is 1.71. The molecule has 0 aliphatic heterocycles. The monoisotopic (exact) mass is 353 g/mol. The number of nitro benzene ring substituents is 1. The van der Waals surface area contributed by atoms with Crippen molar-refractivity contribution >= 4 is 46.2 Å². The third-order valence-corrected chi connectivity index (χ3v) is 3.81. The zero-order valence-electron chi connectivity index (χ0n) is 12.1. The normalized spacial score (nSPS) is 10.2. The van der Waals surface area contributed by atoms with E-state index in [0.717, 1.165) is 0 Å². The van der Waals surface area contributed by atoms with Gasteiger partial charge in [0.25, 0.3) is 5.69 Å². The van der Waals surface area contributed by atoms with Crippen LogP contribution >= 0.6 is 23.2 Å². The average molecular weight is 354 g/mol. The number of carbonyl (C=O) groups excluding carboxylic acids is 1. The summed E-state index contributed by atoms with van der Waals surface area (Å²) in [5, 5.41) is 17.1. The van der Waals surface area contributed by atoms with Gasteiger partial charge in [0.05, 0.1) is 21.5 Å². The number of nitrogens with one attached hydrogen (secondary N) is 2. The van der Waals surface area contributed by atoms with Crippen molar-refractivity contribution in [2.75, 3.05) is 17.2 Å². The van der Waals surface area contributed by atoms with Crippen molar-refractivity contribution in [3.8, 4) is 0 Å². The molecule has 1 amide bonds. The Labute approximate surface area is 142 Å². The molecule has 0 heterocycles. The molecule has 8 heteroatoms. The van der Waals surface area contributed by atoms with E-state index < -0.39 is 4.92 Å². The lowest BCUT2D eigenvalue weighted by molar-refractivity contribution is -0.384. The van der Waals surface area contributed by atoms with Crippen LogP contribution in [0.1, 0.15) is 5.56 Å². The number of hydrogen-bond acceptors (Lipinski definition) is 4. The molecular formula is C15H13Cl2N3O3. The lowest BCUT2D eigenvalue weighted by Gasteiger charge is -2.10. The summed E-state index contributed by atoms with van der Waals surface area (Å²) >= 11 is 11.7. The van der Waals surface area contributed by atoms with Crippen LogP contribution in [0.2, 0.25) is 10.0 Å². The van der Waals surface area contributed by atoms with E-state index in [1.165, 1.54) is 18.2 Å². The predicted molar refractivity (Wildman–Crippen MR) is 91.4 cm³/mol. The van der Waals surface area contributed by atoms with Crippen LogP contribution in [0.4, 0.5) is 17.1 Å². The number of non-ortho nitro benzene ring substituents is 1. The zero-order chi connectivity index (χ0) is 17.0. The summed E-state index contributed by atoms with van der Waals surface area (Å²) in [5.41, 5.74) is 1.78. The molecule has 0 bridgehead atoms. The second-order valence-corrected chi connectivity index (χ2v) is 5.60. The van der Waals surface area contributed by atoms with Crippen molar-refractivity contribution in [3.63, 3.8) is 0 Å². The van der Waals surface area contributed by atoms with Crippen molar-refractivity contribution in [1.29, 1.82) is 0 Å². The maximum absolute atomic E-state index is 11.9. The molecule has 2 aromatic rings. The van der Waals surface area contributed by atoms with Crippen molar-refractivity contribution in [3.05, 3.63) is 62.1 Å². The predicted octanol–water partition coefficient (Wildman–Crippen LogP) is 4.26. The van der Waals surface area contributed by atoms with Crippen molar-refractivity contribution in [1.82, 2.24) is 0 Å². The van der Waals surface area contributed by atoms with Crippen molar-refractivity contribution < 1.29 is 9.72 Å². The second-order valence-electron chi connectivity index (χ2n) is 4.79. The number of hydrogen-bond donors (Lipinski definition) is 2. The molecule has 0 aromatic heterocycles. The van der Waals surface area contributed by atoms with E-state index in [0.29, 0.717) is 27.0 Å². The maximum Gasteiger partial charge on any atom is 0.269 e. The van der Waals surface area contributed by atoms with E-state index >= 15 is 0 Å². The van der Waals surface area contributed by atoms with Crippen LogP contribution < -0.4 is 10.6 Å². The minimum atomic E-state index is -0.482. The number of carbonyl (C=O) groups is 1. The van der Waals surface area contributed by atoms with Gasteiger partial charge in [-0.15, -0.1) is 0 Å². The quantitative estimate of drug-likeness (QED) is 0.621. The Hall–Kier alpha value is -2.31. The zero-order valence-corrected chi connectivity index (χ0v) is 13.6. The maximum atomic E-state index is 11.9. The van der Waals surface area contributed by atoms with Gasteiger partial charge in [-0.3, -0.25) is 14.9 Å². The number of halogens is 2. The molecule has 2 rings (SSSR count). The van der Waals surface area contributed by atoms with Crippen molar-refractivity contribution in [2.45, 2.75) is 6.92 Å². The molecule has 0 atom stereocenters. The average Bonchev–Trinajstić information content (AvgIpc) is 2.50. The molecule has 0 saturated carbocycles. The Kier molecular flexibility index (Phi) is 5.41. The Morgan fingerprint density at radius 1 is 1.17 bits per heavy atom. The van der Waals surface area contributed by atoms with E-state index in [-0.39, 0.29) is 18.1 Å². The van der Waals surface area contributed by atoms with Gasteiger partial charge < -0.3 is 10.6 Å². The van der Waals surface area contributed by atoms with E-state index in [2.05, 4.69) is 10.6 Å². The minimum Gasteiger partial charge on any atom is -0.376 e. The van der Waals surface area contributed by atoms with Gasteiger partial charge in [0.1, 0.15) is 0 Å². The van der Waals surface area contributed by atoms with Crippen LogP contribution in [0, 0.1) is 17.0 Å². The lowest BCUT2D eigenvalue weighted by atomic mass is 10.2. The number of nitro groups is 1. The summed E-state index contributed by atoms with van der Waals surface area (Å²) < 4.78 is 0. The summed E-state index contributed by atoms with van der Waals surface area (Å²) in [7, 11) is 0. The first-order valence-corrected chi connectivity index (χ1v) is 7.36. The molecule has 0 spiro atoms. The largest absolute Gasteiger partial charge is 0.376 e. The molecule has 120 valence electrons. The Balaban J connectivity index is 1.97. The van der Waals surface area contributed by atoms with Crippen LogP contribution in [-0.4, -0.2) is 17.4 Å². The van der Waals surface area contributed by atoms with E-state index in [1.54, 1.807) is 25.1 Å². The van der Waals surface area contributed by atoms with Gasteiger partial charge in [-0.05, 0) is 36.8 Å². The Morgan fingerprint density at radius 3 is 2.52 bits per heavy atom. The molecule has 0 aliphatic rings.